The Morgan fingerprint density at radius 1 is 1.11 bits per heavy atom. The van der Waals surface area contributed by atoms with Gasteiger partial charge in [-0.15, -0.1) is 0 Å². The first-order valence-electron chi connectivity index (χ1n) is 7.30. The molecule has 0 spiro atoms. The molecule has 0 saturated carbocycles. The first-order valence-corrected chi connectivity index (χ1v) is 7.30. The van der Waals surface area contributed by atoms with Gasteiger partial charge in [0.15, 0.2) is 0 Å². The lowest BCUT2D eigenvalue weighted by atomic mass is 9.83. The van der Waals surface area contributed by atoms with Crippen molar-refractivity contribution in [2.75, 3.05) is 6.61 Å². The molecule has 0 bridgehead atoms. The number of carbonyl (C=O) groups is 1. The van der Waals surface area contributed by atoms with Crippen molar-refractivity contribution in [2.45, 2.75) is 79.9 Å². The summed E-state index contributed by atoms with van der Waals surface area (Å²) in [6.07, 6.45) is 1.67. The van der Waals surface area contributed by atoms with Crippen molar-refractivity contribution in [1.29, 1.82) is 0 Å². The lowest BCUT2D eigenvalue weighted by molar-refractivity contribution is -0.160. The van der Waals surface area contributed by atoms with Gasteiger partial charge >= 0.3 is 5.97 Å². The van der Waals surface area contributed by atoms with E-state index in [-0.39, 0.29) is 12.1 Å². The van der Waals surface area contributed by atoms with Crippen molar-refractivity contribution in [3.05, 3.63) is 0 Å². The maximum absolute atomic E-state index is 11.2. The van der Waals surface area contributed by atoms with Crippen LogP contribution in [0.2, 0.25) is 0 Å². The van der Waals surface area contributed by atoms with Gasteiger partial charge in [0.25, 0.3) is 0 Å². The third-order valence-corrected chi connectivity index (χ3v) is 3.11. The zero-order chi connectivity index (χ0) is 15.3. The molecule has 0 aromatic rings. The Hall–Kier alpha value is -0.570. The van der Waals surface area contributed by atoms with E-state index in [0.29, 0.717) is 24.4 Å². The predicted molar refractivity (Wildman–Crippen MR) is 79.1 cm³/mol. The molecule has 0 rings (SSSR count). The van der Waals surface area contributed by atoms with E-state index in [1.54, 1.807) is 6.92 Å². The summed E-state index contributed by atoms with van der Waals surface area (Å²) in [5, 5.41) is 0. The molecule has 0 aromatic carbocycles. The van der Waals surface area contributed by atoms with Crippen LogP contribution in [0, 0.1) is 11.3 Å². The van der Waals surface area contributed by atoms with E-state index in [1.165, 1.54) is 0 Å². The smallest absolute Gasteiger partial charge is 0.305 e. The van der Waals surface area contributed by atoms with Gasteiger partial charge in [-0.1, -0.05) is 34.6 Å². The molecule has 0 aliphatic heterocycles. The van der Waals surface area contributed by atoms with Crippen molar-refractivity contribution >= 4 is 5.97 Å². The third kappa shape index (κ3) is 9.04. The molecule has 0 fully saturated rings. The summed E-state index contributed by atoms with van der Waals surface area (Å²) >= 11 is 0. The molecule has 0 aromatic heterocycles. The molecule has 0 aliphatic rings. The SMILES string of the molecule is CCC(=O)OCC(C)(C)OC(C)C(C)CC(C)(C)C. The fraction of sp³-hybridized carbons (Fsp3) is 0.938. The highest BCUT2D eigenvalue weighted by Crippen LogP contribution is 2.28. The maximum Gasteiger partial charge on any atom is 0.305 e. The highest BCUT2D eigenvalue weighted by atomic mass is 16.6. The predicted octanol–water partition coefficient (Wildman–Crippen LogP) is 4.20. The van der Waals surface area contributed by atoms with Gasteiger partial charge in [-0.05, 0) is 38.5 Å². The first-order chi connectivity index (χ1) is 8.47. The second-order valence-electron chi connectivity index (χ2n) is 7.34. The summed E-state index contributed by atoms with van der Waals surface area (Å²) in [4.78, 5) is 11.2. The summed E-state index contributed by atoms with van der Waals surface area (Å²) < 4.78 is 11.2. The Morgan fingerprint density at radius 3 is 2.05 bits per heavy atom. The quantitative estimate of drug-likeness (QED) is 0.652. The van der Waals surface area contributed by atoms with Crippen LogP contribution in [0.25, 0.3) is 0 Å². The van der Waals surface area contributed by atoms with Gasteiger partial charge in [0.2, 0.25) is 0 Å². The van der Waals surface area contributed by atoms with Crippen LogP contribution in [-0.2, 0) is 14.3 Å². The minimum atomic E-state index is -0.434. The number of esters is 1. The number of rotatable bonds is 7. The Bertz CT molecular complexity index is 276. The van der Waals surface area contributed by atoms with Crippen molar-refractivity contribution in [1.82, 2.24) is 0 Å². The fourth-order valence-electron chi connectivity index (χ4n) is 2.14. The molecule has 114 valence electrons. The van der Waals surface area contributed by atoms with Crippen LogP contribution in [-0.4, -0.2) is 24.3 Å². The summed E-state index contributed by atoms with van der Waals surface area (Å²) in [7, 11) is 0. The minimum absolute atomic E-state index is 0.148. The van der Waals surface area contributed by atoms with Gasteiger partial charge in [0, 0.05) is 6.42 Å². The van der Waals surface area contributed by atoms with E-state index in [1.807, 2.05) is 13.8 Å². The van der Waals surface area contributed by atoms with E-state index in [4.69, 9.17) is 9.47 Å². The van der Waals surface area contributed by atoms with Crippen LogP contribution < -0.4 is 0 Å². The topological polar surface area (TPSA) is 35.5 Å². The maximum atomic E-state index is 11.2. The van der Waals surface area contributed by atoms with E-state index in [2.05, 4.69) is 34.6 Å². The standard InChI is InChI=1S/C16H32O3/c1-9-14(17)18-11-16(7,8)19-13(3)12(2)10-15(4,5)6/h12-13H,9-11H2,1-8H3. The van der Waals surface area contributed by atoms with Crippen molar-refractivity contribution in [3.8, 4) is 0 Å². The first kappa shape index (κ1) is 18.4. The molecule has 0 saturated heterocycles. The molecular weight excluding hydrogens is 240 g/mol. The van der Waals surface area contributed by atoms with Crippen molar-refractivity contribution in [2.24, 2.45) is 11.3 Å². The lowest BCUT2D eigenvalue weighted by Crippen LogP contribution is -2.38. The zero-order valence-electron chi connectivity index (χ0n) is 14.0. The average molecular weight is 272 g/mol. The molecule has 2 atom stereocenters. The number of hydrogen-bond donors (Lipinski definition) is 0. The highest BCUT2D eigenvalue weighted by Gasteiger charge is 2.28. The van der Waals surface area contributed by atoms with Crippen LogP contribution >= 0.6 is 0 Å². The van der Waals surface area contributed by atoms with E-state index < -0.39 is 5.60 Å². The summed E-state index contributed by atoms with van der Waals surface area (Å²) in [6, 6.07) is 0. The third-order valence-electron chi connectivity index (χ3n) is 3.11. The molecule has 0 heterocycles. The Labute approximate surface area is 119 Å². The van der Waals surface area contributed by atoms with E-state index in [0.717, 1.165) is 6.42 Å². The van der Waals surface area contributed by atoms with Gasteiger partial charge in [0.1, 0.15) is 6.61 Å². The Balaban J connectivity index is 4.28. The molecule has 19 heavy (non-hydrogen) atoms. The molecule has 3 heteroatoms. The molecule has 0 N–H and O–H groups in total. The number of carbonyl (C=O) groups excluding carboxylic acids is 1. The second kappa shape index (κ2) is 7.28. The van der Waals surface area contributed by atoms with Gasteiger partial charge in [-0.3, -0.25) is 4.79 Å². The van der Waals surface area contributed by atoms with Crippen LogP contribution in [0.1, 0.15) is 68.2 Å². The van der Waals surface area contributed by atoms with Gasteiger partial charge in [-0.2, -0.15) is 0 Å². The molecule has 2 unspecified atom stereocenters. The highest BCUT2D eigenvalue weighted by molar-refractivity contribution is 5.68. The van der Waals surface area contributed by atoms with Gasteiger partial charge in [-0.25, -0.2) is 0 Å². The van der Waals surface area contributed by atoms with Gasteiger partial charge < -0.3 is 9.47 Å². The number of hydrogen-bond acceptors (Lipinski definition) is 3. The fourth-order valence-corrected chi connectivity index (χ4v) is 2.14. The number of ether oxygens (including phenoxy) is 2. The normalized spacial score (nSPS) is 16.0. The molecular formula is C16H32O3. The Morgan fingerprint density at radius 2 is 1.63 bits per heavy atom. The molecule has 3 nitrogen and oxygen atoms in total. The molecule has 0 amide bonds. The van der Waals surface area contributed by atoms with Crippen LogP contribution in [0.3, 0.4) is 0 Å². The zero-order valence-corrected chi connectivity index (χ0v) is 14.0. The van der Waals surface area contributed by atoms with E-state index in [9.17, 15) is 4.79 Å². The summed E-state index contributed by atoms with van der Waals surface area (Å²) in [5.74, 6) is 0.299. The lowest BCUT2D eigenvalue weighted by Gasteiger charge is -2.34. The summed E-state index contributed by atoms with van der Waals surface area (Å²) in [5.41, 5.74) is -0.133. The van der Waals surface area contributed by atoms with Crippen LogP contribution in [0.5, 0.6) is 0 Å². The largest absolute Gasteiger partial charge is 0.463 e. The molecule has 0 aliphatic carbocycles. The van der Waals surface area contributed by atoms with Crippen LogP contribution in [0.15, 0.2) is 0 Å². The monoisotopic (exact) mass is 272 g/mol. The van der Waals surface area contributed by atoms with E-state index >= 15 is 0 Å². The minimum Gasteiger partial charge on any atom is -0.463 e. The van der Waals surface area contributed by atoms with Gasteiger partial charge in [0.05, 0.1) is 11.7 Å². The van der Waals surface area contributed by atoms with Crippen molar-refractivity contribution < 1.29 is 14.3 Å². The Kier molecular flexibility index (Phi) is 7.06. The molecule has 0 radical (unpaired) electrons. The summed E-state index contributed by atoms with van der Waals surface area (Å²) in [6.45, 7) is 17.1. The van der Waals surface area contributed by atoms with Crippen LogP contribution in [0.4, 0.5) is 0 Å². The average Bonchev–Trinajstić information content (AvgIpc) is 2.23. The second-order valence-corrected chi connectivity index (χ2v) is 7.34. The van der Waals surface area contributed by atoms with Crippen molar-refractivity contribution in [3.63, 3.8) is 0 Å².